The average Bonchev–Trinajstić information content (AvgIpc) is 3.35. The van der Waals surface area contributed by atoms with Gasteiger partial charge >= 0.3 is 0 Å². The van der Waals surface area contributed by atoms with Gasteiger partial charge in [0.2, 0.25) is 0 Å². The summed E-state index contributed by atoms with van der Waals surface area (Å²) in [5, 5.41) is 4.82. The van der Waals surface area contributed by atoms with Crippen molar-refractivity contribution in [3.05, 3.63) is 59.2 Å². The number of ether oxygens (including phenoxy) is 2. The second-order valence-electron chi connectivity index (χ2n) is 7.09. The van der Waals surface area contributed by atoms with Crippen molar-refractivity contribution in [2.75, 3.05) is 6.61 Å². The van der Waals surface area contributed by atoms with Crippen LogP contribution >= 0.6 is 11.3 Å². The van der Waals surface area contributed by atoms with Crippen molar-refractivity contribution in [2.24, 2.45) is 0 Å². The summed E-state index contributed by atoms with van der Waals surface area (Å²) in [5.74, 6) is 2.65. The molecule has 1 aliphatic rings. The van der Waals surface area contributed by atoms with Gasteiger partial charge in [0.15, 0.2) is 18.1 Å². The summed E-state index contributed by atoms with van der Waals surface area (Å²) in [7, 11) is 0. The number of thiophene rings is 1. The molecule has 5 nitrogen and oxygen atoms in total. The zero-order valence-corrected chi connectivity index (χ0v) is 16.1. The molecule has 3 aromatic rings. The van der Waals surface area contributed by atoms with Crippen LogP contribution in [0.15, 0.2) is 52.3 Å². The fourth-order valence-electron chi connectivity index (χ4n) is 3.11. The van der Waals surface area contributed by atoms with Gasteiger partial charge in [0.05, 0.1) is 11.4 Å². The first kappa shape index (κ1) is 17.7. The molecule has 1 aliphatic heterocycles. The lowest BCUT2D eigenvalue weighted by molar-refractivity contribution is -0.123. The van der Waals surface area contributed by atoms with Crippen molar-refractivity contribution in [3.63, 3.8) is 0 Å². The molecule has 0 aliphatic carbocycles. The Morgan fingerprint density at radius 1 is 1.22 bits per heavy atom. The number of fused-ring (bicyclic) bond motifs is 1. The third-order valence-electron chi connectivity index (χ3n) is 4.30. The van der Waals surface area contributed by atoms with Crippen LogP contribution in [0.3, 0.4) is 0 Å². The van der Waals surface area contributed by atoms with E-state index in [1.54, 1.807) is 11.3 Å². The predicted molar refractivity (Wildman–Crippen MR) is 104 cm³/mol. The topological polar surface area (TPSA) is 60.7 Å². The summed E-state index contributed by atoms with van der Waals surface area (Å²) < 4.78 is 17.4. The van der Waals surface area contributed by atoms with Crippen molar-refractivity contribution < 1.29 is 18.7 Å². The van der Waals surface area contributed by atoms with Gasteiger partial charge in [0.1, 0.15) is 17.1 Å². The number of rotatable bonds is 6. The molecular formula is C21H21NO4S. The Hall–Kier alpha value is -2.73. The summed E-state index contributed by atoms with van der Waals surface area (Å²) in [4.78, 5) is 13.2. The highest BCUT2D eigenvalue weighted by Gasteiger charge is 2.32. The number of para-hydroxylation sites is 1. The molecule has 0 spiro atoms. The Labute approximate surface area is 161 Å². The number of benzene rings is 1. The van der Waals surface area contributed by atoms with Gasteiger partial charge in [-0.1, -0.05) is 18.2 Å². The van der Waals surface area contributed by atoms with Gasteiger partial charge in [0, 0.05) is 12.0 Å². The van der Waals surface area contributed by atoms with Gasteiger partial charge in [-0.2, -0.15) is 0 Å². The van der Waals surface area contributed by atoms with Crippen molar-refractivity contribution in [1.82, 2.24) is 5.32 Å². The first-order chi connectivity index (χ1) is 13.0. The van der Waals surface area contributed by atoms with Gasteiger partial charge in [-0.3, -0.25) is 4.79 Å². The highest BCUT2D eigenvalue weighted by Crippen LogP contribution is 2.41. The maximum absolute atomic E-state index is 12.1. The Bertz CT molecular complexity index is 943. The van der Waals surface area contributed by atoms with E-state index < -0.39 is 0 Å². The molecule has 0 atom stereocenters. The maximum atomic E-state index is 12.1. The lowest BCUT2D eigenvalue weighted by atomic mass is 10.0. The number of hydrogen-bond donors (Lipinski definition) is 1. The highest BCUT2D eigenvalue weighted by molar-refractivity contribution is 7.13. The molecule has 0 bridgehead atoms. The number of nitrogens with one attached hydrogen (secondary N) is 1. The Kier molecular flexibility index (Phi) is 4.66. The smallest absolute Gasteiger partial charge is 0.258 e. The SMILES string of the molecule is CC1(C)Cc2cccc(OCC(=O)NCc3ccc(-c4cccs4)o3)c2O1. The number of carbonyl (C=O) groups is 1. The van der Waals surface area contributed by atoms with Gasteiger partial charge in [0.25, 0.3) is 5.91 Å². The largest absolute Gasteiger partial charge is 0.483 e. The number of furan rings is 1. The van der Waals surface area contributed by atoms with Crippen LogP contribution in [-0.4, -0.2) is 18.1 Å². The van der Waals surface area contributed by atoms with E-state index in [0.717, 1.165) is 28.4 Å². The molecule has 0 saturated heterocycles. The minimum absolute atomic E-state index is 0.0707. The van der Waals surface area contributed by atoms with E-state index in [0.29, 0.717) is 18.1 Å². The van der Waals surface area contributed by atoms with E-state index in [1.807, 2.05) is 61.7 Å². The lowest BCUT2D eigenvalue weighted by Crippen LogP contribution is -2.28. The zero-order chi connectivity index (χ0) is 18.9. The summed E-state index contributed by atoms with van der Waals surface area (Å²) >= 11 is 1.62. The quantitative estimate of drug-likeness (QED) is 0.685. The highest BCUT2D eigenvalue weighted by atomic mass is 32.1. The minimum atomic E-state index is -0.246. The maximum Gasteiger partial charge on any atom is 0.258 e. The zero-order valence-electron chi connectivity index (χ0n) is 15.3. The van der Waals surface area contributed by atoms with Gasteiger partial charge < -0.3 is 19.2 Å². The minimum Gasteiger partial charge on any atom is -0.483 e. The van der Waals surface area contributed by atoms with Gasteiger partial charge in [-0.05, 0) is 43.5 Å². The van der Waals surface area contributed by atoms with Gasteiger partial charge in [-0.15, -0.1) is 11.3 Å². The van der Waals surface area contributed by atoms with Crippen LogP contribution in [0.1, 0.15) is 25.2 Å². The third kappa shape index (κ3) is 4.01. The van der Waals surface area contributed by atoms with Crippen molar-refractivity contribution in [1.29, 1.82) is 0 Å². The van der Waals surface area contributed by atoms with E-state index >= 15 is 0 Å². The summed E-state index contributed by atoms with van der Waals surface area (Å²) in [5.41, 5.74) is 0.860. The number of amides is 1. The van der Waals surface area contributed by atoms with Crippen molar-refractivity contribution >= 4 is 17.2 Å². The molecule has 0 unspecified atom stereocenters. The van der Waals surface area contributed by atoms with E-state index in [-0.39, 0.29) is 18.1 Å². The predicted octanol–water partition coefficient (Wildman–Crippen LogP) is 4.42. The van der Waals surface area contributed by atoms with E-state index in [9.17, 15) is 4.79 Å². The van der Waals surface area contributed by atoms with Crippen LogP contribution < -0.4 is 14.8 Å². The van der Waals surface area contributed by atoms with E-state index in [1.165, 1.54) is 0 Å². The normalized spacial score (nSPS) is 14.4. The molecule has 140 valence electrons. The second kappa shape index (κ2) is 7.12. The summed E-state index contributed by atoms with van der Waals surface area (Å²) in [6, 6.07) is 13.5. The molecular weight excluding hydrogens is 362 g/mol. The molecule has 1 N–H and O–H groups in total. The molecule has 0 saturated carbocycles. The van der Waals surface area contributed by atoms with Crippen molar-refractivity contribution in [2.45, 2.75) is 32.4 Å². The van der Waals surface area contributed by atoms with E-state index in [2.05, 4.69) is 5.32 Å². The first-order valence-corrected chi connectivity index (χ1v) is 9.71. The van der Waals surface area contributed by atoms with Crippen molar-refractivity contribution in [3.8, 4) is 22.1 Å². The Morgan fingerprint density at radius 3 is 2.93 bits per heavy atom. The third-order valence-corrected chi connectivity index (χ3v) is 5.18. The molecule has 1 amide bonds. The fourth-order valence-corrected chi connectivity index (χ4v) is 3.79. The van der Waals surface area contributed by atoms with Crippen LogP contribution in [-0.2, 0) is 17.8 Å². The molecule has 0 radical (unpaired) electrons. The molecule has 1 aromatic carbocycles. The van der Waals surface area contributed by atoms with Crippen LogP contribution in [0.2, 0.25) is 0 Å². The Morgan fingerprint density at radius 2 is 2.11 bits per heavy atom. The molecule has 4 rings (SSSR count). The molecule has 3 heterocycles. The van der Waals surface area contributed by atoms with Crippen LogP contribution in [0.5, 0.6) is 11.5 Å². The van der Waals surface area contributed by atoms with Crippen LogP contribution in [0.25, 0.3) is 10.6 Å². The van der Waals surface area contributed by atoms with Crippen LogP contribution in [0.4, 0.5) is 0 Å². The van der Waals surface area contributed by atoms with Gasteiger partial charge in [-0.25, -0.2) is 0 Å². The van der Waals surface area contributed by atoms with E-state index in [4.69, 9.17) is 13.9 Å². The van der Waals surface area contributed by atoms with Crippen LogP contribution in [0, 0.1) is 0 Å². The molecule has 6 heteroatoms. The lowest BCUT2D eigenvalue weighted by Gasteiger charge is -2.18. The second-order valence-corrected chi connectivity index (χ2v) is 8.04. The average molecular weight is 383 g/mol. The molecule has 2 aromatic heterocycles. The summed E-state index contributed by atoms with van der Waals surface area (Å²) in [6.07, 6.45) is 0.830. The first-order valence-electron chi connectivity index (χ1n) is 8.83. The summed E-state index contributed by atoms with van der Waals surface area (Å²) in [6.45, 7) is 4.33. The number of hydrogen-bond acceptors (Lipinski definition) is 5. The monoisotopic (exact) mass is 383 g/mol. The standard InChI is InChI=1S/C21H21NO4S/c1-21(2)11-14-5-3-6-17(20(14)26-21)24-13-19(23)22-12-15-8-9-16(25-15)18-7-4-10-27-18/h3-10H,11-13H2,1-2H3,(H,22,23). The fraction of sp³-hybridized carbons (Fsp3) is 0.286. The number of carbonyl (C=O) groups excluding carboxylic acids is 1. The Balaban J connectivity index is 1.31. The molecule has 0 fully saturated rings. The molecule has 27 heavy (non-hydrogen) atoms.